The highest BCUT2D eigenvalue weighted by Crippen LogP contribution is 2.44. The summed E-state index contributed by atoms with van der Waals surface area (Å²) in [7, 11) is 0. The molecule has 1 saturated heterocycles. The van der Waals surface area contributed by atoms with Crippen molar-refractivity contribution in [2.75, 3.05) is 26.2 Å². The molecule has 1 unspecified atom stereocenters. The van der Waals surface area contributed by atoms with Gasteiger partial charge in [0.05, 0.1) is 0 Å². The van der Waals surface area contributed by atoms with Crippen LogP contribution in [0.25, 0.3) is 0 Å². The lowest BCUT2D eigenvalue weighted by molar-refractivity contribution is -0.221. The first-order valence-corrected chi connectivity index (χ1v) is 5.64. The van der Waals surface area contributed by atoms with Gasteiger partial charge < -0.3 is 15.3 Å². The number of nitrogens with one attached hydrogen (secondary N) is 1. The fourth-order valence-corrected chi connectivity index (χ4v) is 2.08. The third-order valence-electron chi connectivity index (χ3n) is 3.07. The van der Waals surface area contributed by atoms with Gasteiger partial charge in [-0.2, -0.15) is 13.2 Å². The van der Waals surface area contributed by atoms with E-state index >= 15 is 0 Å². The van der Waals surface area contributed by atoms with E-state index in [9.17, 15) is 22.8 Å². The van der Waals surface area contributed by atoms with Gasteiger partial charge in [-0.05, 0) is 13.0 Å². The van der Waals surface area contributed by atoms with Crippen LogP contribution >= 0.6 is 0 Å². The molecule has 0 aliphatic carbocycles. The Kier molecular flexibility index (Phi) is 4.56. The molecule has 0 aromatic rings. The van der Waals surface area contributed by atoms with Crippen molar-refractivity contribution in [1.82, 2.24) is 10.2 Å². The third kappa shape index (κ3) is 3.06. The molecule has 0 bridgehead atoms. The zero-order chi connectivity index (χ0) is 14.7. The Bertz CT molecular complexity index is 376. The number of halogens is 3. The third-order valence-corrected chi connectivity index (χ3v) is 3.07. The van der Waals surface area contributed by atoms with E-state index in [2.05, 4.69) is 11.9 Å². The van der Waals surface area contributed by atoms with Gasteiger partial charge in [0.25, 0.3) is 0 Å². The fraction of sp³-hybridized carbons (Fsp3) is 0.636. The minimum Gasteiger partial charge on any atom is -0.480 e. The summed E-state index contributed by atoms with van der Waals surface area (Å²) < 4.78 is 39.4. The van der Waals surface area contributed by atoms with Crippen LogP contribution in [-0.4, -0.2) is 54.2 Å². The second-order valence-corrected chi connectivity index (χ2v) is 4.37. The van der Waals surface area contributed by atoms with Crippen molar-refractivity contribution in [2.45, 2.75) is 12.6 Å². The average Bonchev–Trinajstić information content (AvgIpc) is 2.76. The maximum absolute atomic E-state index is 13.1. The topological polar surface area (TPSA) is 69.6 Å². The molecule has 2 N–H and O–H groups in total. The summed E-state index contributed by atoms with van der Waals surface area (Å²) in [4.78, 5) is 23.4. The Morgan fingerprint density at radius 2 is 2.11 bits per heavy atom. The van der Waals surface area contributed by atoms with Crippen LogP contribution in [0, 0.1) is 5.41 Å². The van der Waals surface area contributed by atoms with E-state index in [0.29, 0.717) is 4.90 Å². The Morgan fingerprint density at radius 1 is 1.47 bits per heavy atom. The molecule has 0 saturated carbocycles. The van der Waals surface area contributed by atoms with E-state index in [4.69, 9.17) is 5.11 Å². The van der Waals surface area contributed by atoms with Gasteiger partial charge in [-0.3, -0.25) is 9.59 Å². The molecular formula is C11H15F3N2O3. The first kappa shape index (κ1) is 15.5. The van der Waals surface area contributed by atoms with Crippen LogP contribution in [0.2, 0.25) is 0 Å². The monoisotopic (exact) mass is 280 g/mol. The number of amides is 1. The van der Waals surface area contributed by atoms with Crippen molar-refractivity contribution < 1.29 is 27.9 Å². The quantitative estimate of drug-likeness (QED) is 0.725. The standard InChI is InChI=1S/C11H15F3N2O3/c1-2-5-16(6-8(17)18)9(19)10(11(12,13)14)3-4-15-7-10/h2,15H,1,3-7H2,(H,17,18). The summed E-state index contributed by atoms with van der Waals surface area (Å²) in [5.74, 6) is -2.58. The van der Waals surface area contributed by atoms with Crippen LogP contribution in [0.15, 0.2) is 12.7 Å². The van der Waals surface area contributed by atoms with E-state index in [1.165, 1.54) is 6.08 Å². The smallest absolute Gasteiger partial charge is 0.404 e. The molecule has 1 heterocycles. The first-order chi connectivity index (χ1) is 8.74. The largest absolute Gasteiger partial charge is 0.480 e. The highest BCUT2D eigenvalue weighted by atomic mass is 19.4. The molecule has 108 valence electrons. The Morgan fingerprint density at radius 3 is 2.47 bits per heavy atom. The van der Waals surface area contributed by atoms with E-state index in [0.717, 1.165) is 0 Å². The highest BCUT2D eigenvalue weighted by Gasteiger charge is 2.62. The van der Waals surface area contributed by atoms with Gasteiger partial charge in [0.1, 0.15) is 6.54 Å². The number of carbonyl (C=O) groups excluding carboxylic acids is 1. The van der Waals surface area contributed by atoms with Crippen LogP contribution in [0.3, 0.4) is 0 Å². The molecule has 1 amide bonds. The minimum atomic E-state index is -4.72. The SMILES string of the molecule is C=CCN(CC(=O)O)C(=O)C1(C(F)(F)F)CCNC1. The highest BCUT2D eigenvalue weighted by molar-refractivity contribution is 5.87. The Balaban J connectivity index is 3.03. The summed E-state index contributed by atoms with van der Waals surface area (Å²) in [6.45, 7) is 1.85. The molecule has 1 rings (SSSR count). The van der Waals surface area contributed by atoms with Crippen molar-refractivity contribution in [1.29, 1.82) is 0 Å². The number of rotatable bonds is 5. The second-order valence-electron chi connectivity index (χ2n) is 4.37. The molecule has 1 fully saturated rings. The zero-order valence-electron chi connectivity index (χ0n) is 10.2. The van der Waals surface area contributed by atoms with Gasteiger partial charge in [-0.15, -0.1) is 6.58 Å². The normalized spacial score (nSPS) is 23.1. The van der Waals surface area contributed by atoms with E-state index in [-0.39, 0.29) is 19.5 Å². The lowest BCUT2D eigenvalue weighted by Crippen LogP contribution is -2.54. The van der Waals surface area contributed by atoms with Gasteiger partial charge >= 0.3 is 12.1 Å². The number of carbonyl (C=O) groups is 2. The summed E-state index contributed by atoms with van der Waals surface area (Å²) >= 11 is 0. The number of hydrogen-bond donors (Lipinski definition) is 2. The lowest BCUT2D eigenvalue weighted by atomic mass is 9.84. The molecule has 5 nitrogen and oxygen atoms in total. The number of carboxylic acid groups (broad SMARTS) is 1. The van der Waals surface area contributed by atoms with Crippen molar-refractivity contribution >= 4 is 11.9 Å². The van der Waals surface area contributed by atoms with Crippen molar-refractivity contribution in [3.05, 3.63) is 12.7 Å². The summed E-state index contributed by atoms with van der Waals surface area (Å²) in [6, 6.07) is 0. The molecule has 0 spiro atoms. The molecular weight excluding hydrogens is 265 g/mol. The van der Waals surface area contributed by atoms with Gasteiger partial charge in [0, 0.05) is 13.1 Å². The predicted molar refractivity (Wildman–Crippen MR) is 60.4 cm³/mol. The van der Waals surface area contributed by atoms with Crippen LogP contribution in [0.4, 0.5) is 13.2 Å². The summed E-state index contributed by atoms with van der Waals surface area (Å²) in [5.41, 5.74) is -2.54. The fourth-order valence-electron chi connectivity index (χ4n) is 2.08. The van der Waals surface area contributed by atoms with Crippen molar-refractivity contribution in [3.63, 3.8) is 0 Å². The minimum absolute atomic E-state index is 0.0697. The van der Waals surface area contributed by atoms with E-state index in [1.807, 2.05) is 0 Å². The molecule has 0 aromatic carbocycles. The summed E-state index contributed by atoms with van der Waals surface area (Å²) in [6.07, 6.45) is -3.90. The van der Waals surface area contributed by atoms with Crippen LogP contribution in [-0.2, 0) is 9.59 Å². The Hall–Kier alpha value is -1.57. The number of alkyl halides is 3. The van der Waals surface area contributed by atoms with Gasteiger partial charge in [0.2, 0.25) is 5.91 Å². The molecule has 1 atom stereocenters. The number of carboxylic acids is 1. The number of aliphatic carboxylic acids is 1. The maximum Gasteiger partial charge on any atom is 0.404 e. The predicted octanol–water partition coefficient (Wildman–Crippen LogP) is 0.628. The first-order valence-electron chi connectivity index (χ1n) is 5.64. The van der Waals surface area contributed by atoms with Gasteiger partial charge in [-0.25, -0.2) is 0 Å². The maximum atomic E-state index is 13.1. The Labute approximate surface area is 108 Å². The number of hydrogen-bond acceptors (Lipinski definition) is 3. The summed E-state index contributed by atoms with van der Waals surface area (Å²) in [5, 5.41) is 11.2. The van der Waals surface area contributed by atoms with Crippen molar-refractivity contribution in [3.8, 4) is 0 Å². The lowest BCUT2D eigenvalue weighted by Gasteiger charge is -2.34. The zero-order valence-corrected chi connectivity index (χ0v) is 10.2. The van der Waals surface area contributed by atoms with Gasteiger partial charge in [-0.1, -0.05) is 6.08 Å². The molecule has 19 heavy (non-hydrogen) atoms. The molecule has 0 aromatic heterocycles. The van der Waals surface area contributed by atoms with Crippen molar-refractivity contribution in [2.24, 2.45) is 5.41 Å². The van der Waals surface area contributed by atoms with Crippen LogP contribution < -0.4 is 5.32 Å². The molecule has 1 aliphatic heterocycles. The van der Waals surface area contributed by atoms with E-state index in [1.54, 1.807) is 0 Å². The van der Waals surface area contributed by atoms with E-state index < -0.39 is 36.6 Å². The van der Waals surface area contributed by atoms with Crippen LogP contribution in [0.5, 0.6) is 0 Å². The second kappa shape index (κ2) is 5.60. The van der Waals surface area contributed by atoms with Crippen LogP contribution in [0.1, 0.15) is 6.42 Å². The average molecular weight is 280 g/mol. The number of nitrogens with zero attached hydrogens (tertiary/aromatic N) is 1. The van der Waals surface area contributed by atoms with Gasteiger partial charge in [0.15, 0.2) is 5.41 Å². The molecule has 8 heteroatoms. The molecule has 1 aliphatic rings. The molecule has 0 radical (unpaired) electrons.